The van der Waals surface area contributed by atoms with Gasteiger partial charge in [0.25, 0.3) is 0 Å². The van der Waals surface area contributed by atoms with Crippen LogP contribution in [0, 0.1) is 0 Å². The van der Waals surface area contributed by atoms with Crippen LogP contribution in [0.1, 0.15) is 32.7 Å². The molecule has 0 amide bonds. The molecule has 0 saturated carbocycles. The number of carbonyl (C=O) groups is 2. The lowest BCUT2D eigenvalue weighted by Gasteiger charge is -2.04. The number of hydrogen-bond acceptors (Lipinski definition) is 3. The van der Waals surface area contributed by atoms with Crippen molar-refractivity contribution in [2.24, 2.45) is 0 Å². The van der Waals surface area contributed by atoms with Crippen LogP contribution >= 0.6 is 0 Å². The molecule has 0 bridgehead atoms. The molecular formula is C10H8O4. The zero-order valence-electron chi connectivity index (χ0n) is 7.28. The Morgan fingerprint density at radius 2 is 2.00 bits per heavy atom. The highest BCUT2D eigenvalue weighted by Gasteiger charge is 2.27. The summed E-state index contributed by atoms with van der Waals surface area (Å²) in [5, 5.41) is 18.2. The van der Waals surface area contributed by atoms with E-state index in [1.54, 1.807) is 0 Å². The molecule has 1 aromatic carbocycles. The van der Waals surface area contributed by atoms with E-state index in [2.05, 4.69) is 0 Å². The predicted molar refractivity (Wildman–Crippen MR) is 47.7 cm³/mol. The average molecular weight is 192 g/mol. The van der Waals surface area contributed by atoms with E-state index in [-0.39, 0.29) is 29.1 Å². The standard InChI is InChI=1S/C10H8O4/c11-7-3-1-5-6(10(13)14)2-4-8(12)9(5)7/h2,4,12H,1,3H2,(H,13,14). The van der Waals surface area contributed by atoms with Crippen LogP contribution in [0.3, 0.4) is 0 Å². The summed E-state index contributed by atoms with van der Waals surface area (Å²) < 4.78 is 0. The summed E-state index contributed by atoms with van der Waals surface area (Å²) in [6.07, 6.45) is 0.692. The third-order valence-corrected chi connectivity index (χ3v) is 2.40. The predicted octanol–water partition coefficient (Wildman–Crippen LogP) is 1.22. The molecule has 4 nitrogen and oxygen atoms in total. The first kappa shape index (κ1) is 8.74. The number of Topliss-reactive ketones (excluding diaryl/α,β-unsaturated/α-hetero) is 1. The fourth-order valence-electron chi connectivity index (χ4n) is 1.77. The van der Waals surface area contributed by atoms with Crippen molar-refractivity contribution in [3.63, 3.8) is 0 Å². The first-order valence-electron chi connectivity index (χ1n) is 4.22. The Balaban J connectivity index is 2.70. The van der Waals surface area contributed by atoms with Crippen LogP contribution in [0.25, 0.3) is 0 Å². The average Bonchev–Trinajstić information content (AvgIpc) is 2.49. The van der Waals surface area contributed by atoms with Crippen LogP contribution in [0.4, 0.5) is 0 Å². The Kier molecular flexibility index (Phi) is 1.77. The third kappa shape index (κ3) is 1.08. The minimum Gasteiger partial charge on any atom is -0.507 e. The zero-order chi connectivity index (χ0) is 10.3. The Bertz CT molecular complexity index is 434. The molecule has 0 spiro atoms. The number of carboxylic acid groups (broad SMARTS) is 1. The molecule has 0 aliphatic heterocycles. The molecule has 0 unspecified atom stereocenters. The number of phenols is 1. The van der Waals surface area contributed by atoms with Gasteiger partial charge in [-0.25, -0.2) is 4.79 Å². The highest BCUT2D eigenvalue weighted by molar-refractivity contribution is 6.06. The van der Waals surface area contributed by atoms with Crippen molar-refractivity contribution in [3.8, 4) is 5.75 Å². The highest BCUT2D eigenvalue weighted by atomic mass is 16.4. The summed E-state index contributed by atoms with van der Waals surface area (Å²) in [6, 6.07) is 2.58. The van der Waals surface area contributed by atoms with Crippen LogP contribution in [-0.4, -0.2) is 22.0 Å². The summed E-state index contributed by atoms with van der Waals surface area (Å²) in [6.45, 7) is 0. The van der Waals surface area contributed by atoms with Crippen LogP contribution in [0.5, 0.6) is 5.75 Å². The van der Waals surface area contributed by atoms with E-state index >= 15 is 0 Å². The second-order valence-electron chi connectivity index (χ2n) is 3.21. The Labute approximate surface area is 79.8 Å². The molecule has 0 radical (unpaired) electrons. The molecule has 0 saturated heterocycles. The van der Waals surface area contributed by atoms with E-state index in [9.17, 15) is 14.7 Å². The van der Waals surface area contributed by atoms with E-state index in [4.69, 9.17) is 5.11 Å². The van der Waals surface area contributed by atoms with Gasteiger partial charge in [0.1, 0.15) is 5.75 Å². The van der Waals surface area contributed by atoms with Crippen molar-refractivity contribution in [2.45, 2.75) is 12.8 Å². The lowest BCUT2D eigenvalue weighted by molar-refractivity contribution is 0.0695. The number of benzene rings is 1. The van der Waals surface area contributed by atoms with Crippen molar-refractivity contribution in [1.29, 1.82) is 0 Å². The fourth-order valence-corrected chi connectivity index (χ4v) is 1.77. The molecule has 4 heteroatoms. The van der Waals surface area contributed by atoms with Crippen LogP contribution in [0.15, 0.2) is 12.1 Å². The van der Waals surface area contributed by atoms with Gasteiger partial charge < -0.3 is 10.2 Å². The summed E-state index contributed by atoms with van der Waals surface area (Å²) in [7, 11) is 0. The van der Waals surface area contributed by atoms with Gasteiger partial charge in [-0.15, -0.1) is 0 Å². The minimum absolute atomic E-state index is 0.114. The largest absolute Gasteiger partial charge is 0.507 e. The quantitative estimate of drug-likeness (QED) is 0.701. The van der Waals surface area contributed by atoms with Gasteiger partial charge in [-0.05, 0) is 24.1 Å². The van der Waals surface area contributed by atoms with Gasteiger partial charge in [0.15, 0.2) is 5.78 Å². The number of hydrogen-bond donors (Lipinski definition) is 2. The van der Waals surface area contributed by atoms with E-state index < -0.39 is 5.97 Å². The number of aromatic carboxylic acids is 1. The topological polar surface area (TPSA) is 74.6 Å². The van der Waals surface area contributed by atoms with Crippen molar-refractivity contribution >= 4 is 11.8 Å². The number of fused-ring (bicyclic) bond motifs is 1. The van der Waals surface area contributed by atoms with E-state index in [1.807, 2.05) is 0 Å². The maximum atomic E-state index is 11.3. The molecule has 2 N–H and O–H groups in total. The summed E-state index contributed by atoms with van der Waals surface area (Å²) in [5.74, 6) is -1.36. The first-order chi connectivity index (χ1) is 6.61. The van der Waals surface area contributed by atoms with E-state index in [1.165, 1.54) is 12.1 Å². The van der Waals surface area contributed by atoms with Crippen molar-refractivity contribution in [3.05, 3.63) is 28.8 Å². The normalized spacial score (nSPS) is 14.1. The molecular weight excluding hydrogens is 184 g/mol. The summed E-state index contributed by atoms with van der Waals surface area (Å²) >= 11 is 0. The maximum absolute atomic E-state index is 11.3. The molecule has 14 heavy (non-hydrogen) atoms. The van der Waals surface area contributed by atoms with Crippen LogP contribution < -0.4 is 0 Å². The molecule has 1 aliphatic carbocycles. The van der Waals surface area contributed by atoms with Crippen molar-refractivity contribution in [1.82, 2.24) is 0 Å². The van der Waals surface area contributed by atoms with Crippen LogP contribution in [0.2, 0.25) is 0 Å². The second-order valence-corrected chi connectivity index (χ2v) is 3.21. The first-order valence-corrected chi connectivity index (χ1v) is 4.22. The fraction of sp³-hybridized carbons (Fsp3) is 0.200. The molecule has 1 aromatic rings. The molecule has 2 rings (SSSR count). The second kappa shape index (κ2) is 2.83. The van der Waals surface area contributed by atoms with Gasteiger partial charge in [0.2, 0.25) is 0 Å². The minimum atomic E-state index is -1.06. The Morgan fingerprint density at radius 3 is 2.64 bits per heavy atom. The summed E-state index contributed by atoms with van der Waals surface area (Å²) in [4.78, 5) is 22.1. The lowest BCUT2D eigenvalue weighted by atomic mass is 10.0. The molecule has 0 heterocycles. The van der Waals surface area contributed by atoms with E-state index in [0.717, 1.165) is 0 Å². The van der Waals surface area contributed by atoms with E-state index in [0.29, 0.717) is 12.0 Å². The highest BCUT2D eigenvalue weighted by Crippen LogP contribution is 2.32. The maximum Gasteiger partial charge on any atom is 0.335 e. The monoisotopic (exact) mass is 192 g/mol. The van der Waals surface area contributed by atoms with Crippen molar-refractivity contribution in [2.75, 3.05) is 0 Å². The van der Waals surface area contributed by atoms with Gasteiger partial charge >= 0.3 is 5.97 Å². The van der Waals surface area contributed by atoms with Gasteiger partial charge in [-0.2, -0.15) is 0 Å². The Morgan fingerprint density at radius 1 is 1.29 bits per heavy atom. The number of carboxylic acids is 1. The lowest BCUT2D eigenvalue weighted by Crippen LogP contribution is -2.02. The summed E-state index contributed by atoms with van der Waals surface area (Å²) in [5.41, 5.74) is 0.760. The molecule has 1 aliphatic rings. The number of rotatable bonds is 1. The smallest absolute Gasteiger partial charge is 0.335 e. The molecule has 0 fully saturated rings. The Hall–Kier alpha value is -1.84. The van der Waals surface area contributed by atoms with Gasteiger partial charge in [-0.1, -0.05) is 0 Å². The number of aromatic hydroxyl groups is 1. The molecule has 0 aromatic heterocycles. The van der Waals surface area contributed by atoms with Gasteiger partial charge in [-0.3, -0.25) is 4.79 Å². The number of carbonyl (C=O) groups excluding carboxylic acids is 1. The number of ketones is 1. The number of phenolic OH excluding ortho intramolecular Hbond substituents is 1. The third-order valence-electron chi connectivity index (χ3n) is 2.40. The van der Waals surface area contributed by atoms with Crippen LogP contribution in [-0.2, 0) is 6.42 Å². The molecule has 72 valence electrons. The van der Waals surface area contributed by atoms with Gasteiger partial charge in [0, 0.05) is 6.42 Å². The zero-order valence-corrected chi connectivity index (χ0v) is 7.28. The SMILES string of the molecule is O=C(O)c1ccc(O)c2c1CCC2=O. The van der Waals surface area contributed by atoms with Crippen molar-refractivity contribution < 1.29 is 19.8 Å². The molecule has 0 atom stereocenters. The van der Waals surface area contributed by atoms with Gasteiger partial charge in [0.05, 0.1) is 11.1 Å².